The van der Waals surface area contributed by atoms with Gasteiger partial charge in [-0.15, -0.1) is 0 Å². The standard InChI is InChI=1S/C16H15ClFN5/c1-9-13-14(19-8-10-2-4-11(18)5-3-10)20-16(17)21-15(13)23(22-9)12-6-7-12/h2-5,12H,6-8H2,1H3,(H,19,20,21). The summed E-state index contributed by atoms with van der Waals surface area (Å²) < 4.78 is 14.9. The summed E-state index contributed by atoms with van der Waals surface area (Å²) >= 11 is 6.08. The summed E-state index contributed by atoms with van der Waals surface area (Å²) in [5.74, 6) is 0.413. The van der Waals surface area contributed by atoms with Gasteiger partial charge in [-0.05, 0) is 49.1 Å². The minimum absolute atomic E-state index is 0.195. The largest absolute Gasteiger partial charge is 0.365 e. The number of aromatic nitrogens is 4. The topological polar surface area (TPSA) is 55.6 Å². The van der Waals surface area contributed by atoms with E-state index < -0.39 is 0 Å². The van der Waals surface area contributed by atoms with Crippen LogP contribution in [0.15, 0.2) is 24.3 Å². The zero-order valence-corrected chi connectivity index (χ0v) is 13.3. The highest BCUT2D eigenvalue weighted by molar-refractivity contribution is 6.28. The van der Waals surface area contributed by atoms with Crippen LogP contribution in [0.3, 0.4) is 0 Å². The SMILES string of the molecule is Cc1nn(C2CC2)c2nc(Cl)nc(NCc3ccc(F)cc3)c12. The maximum absolute atomic E-state index is 13.0. The summed E-state index contributed by atoms with van der Waals surface area (Å²) in [6.07, 6.45) is 2.24. The molecular formula is C16H15ClFN5. The van der Waals surface area contributed by atoms with Gasteiger partial charge in [0.15, 0.2) is 5.65 Å². The third-order valence-corrected chi connectivity index (χ3v) is 4.13. The van der Waals surface area contributed by atoms with Gasteiger partial charge in [-0.3, -0.25) is 0 Å². The first-order valence-electron chi connectivity index (χ1n) is 7.52. The number of rotatable bonds is 4. The summed E-state index contributed by atoms with van der Waals surface area (Å²) in [5, 5.41) is 8.94. The summed E-state index contributed by atoms with van der Waals surface area (Å²) in [6, 6.07) is 6.78. The van der Waals surface area contributed by atoms with Gasteiger partial charge in [0.1, 0.15) is 11.6 Å². The molecule has 0 amide bonds. The Bertz CT molecular complexity index is 870. The highest BCUT2D eigenvalue weighted by Crippen LogP contribution is 2.38. The summed E-state index contributed by atoms with van der Waals surface area (Å²) in [5.41, 5.74) is 2.61. The molecule has 0 saturated heterocycles. The molecule has 0 aliphatic heterocycles. The molecule has 1 aliphatic carbocycles. The van der Waals surface area contributed by atoms with E-state index in [-0.39, 0.29) is 11.1 Å². The van der Waals surface area contributed by atoms with Crippen molar-refractivity contribution in [2.45, 2.75) is 32.4 Å². The van der Waals surface area contributed by atoms with Crippen molar-refractivity contribution in [3.05, 3.63) is 46.6 Å². The van der Waals surface area contributed by atoms with Gasteiger partial charge in [-0.25, -0.2) is 9.07 Å². The predicted molar refractivity (Wildman–Crippen MR) is 87.1 cm³/mol. The molecule has 1 N–H and O–H groups in total. The van der Waals surface area contributed by atoms with E-state index in [4.69, 9.17) is 11.6 Å². The molecule has 1 saturated carbocycles. The van der Waals surface area contributed by atoms with E-state index in [0.717, 1.165) is 35.1 Å². The Labute approximate surface area is 137 Å². The molecule has 118 valence electrons. The third kappa shape index (κ3) is 2.74. The Balaban J connectivity index is 1.70. The second-order valence-corrected chi connectivity index (χ2v) is 6.12. The van der Waals surface area contributed by atoms with Crippen LogP contribution in [0.1, 0.15) is 30.1 Å². The van der Waals surface area contributed by atoms with Gasteiger partial charge in [0, 0.05) is 6.54 Å². The van der Waals surface area contributed by atoms with Crippen molar-refractivity contribution in [1.82, 2.24) is 19.7 Å². The normalized spacial score (nSPS) is 14.4. The average molecular weight is 332 g/mol. The fraction of sp³-hybridized carbons (Fsp3) is 0.312. The van der Waals surface area contributed by atoms with Crippen LogP contribution in [0, 0.1) is 12.7 Å². The second kappa shape index (κ2) is 5.45. The van der Waals surface area contributed by atoms with Crippen molar-refractivity contribution in [3.8, 4) is 0 Å². The van der Waals surface area contributed by atoms with Gasteiger partial charge in [0.05, 0.1) is 17.1 Å². The number of nitrogens with one attached hydrogen (secondary N) is 1. The third-order valence-electron chi connectivity index (χ3n) is 3.97. The molecule has 0 unspecified atom stereocenters. The molecule has 2 heterocycles. The fourth-order valence-electron chi connectivity index (χ4n) is 2.67. The summed E-state index contributed by atoms with van der Waals surface area (Å²) in [4.78, 5) is 8.65. The quantitative estimate of drug-likeness (QED) is 0.737. The van der Waals surface area contributed by atoms with Crippen LogP contribution in [0.5, 0.6) is 0 Å². The maximum atomic E-state index is 13.0. The van der Waals surface area contributed by atoms with Crippen LogP contribution in [-0.2, 0) is 6.54 Å². The van der Waals surface area contributed by atoms with Crippen LogP contribution in [-0.4, -0.2) is 19.7 Å². The lowest BCUT2D eigenvalue weighted by molar-refractivity contribution is 0.627. The minimum Gasteiger partial charge on any atom is -0.365 e. The molecule has 2 aromatic heterocycles. The van der Waals surface area contributed by atoms with Gasteiger partial charge in [0.2, 0.25) is 5.28 Å². The molecule has 7 heteroatoms. The Kier molecular flexibility index (Phi) is 3.41. The molecule has 0 spiro atoms. The molecule has 4 rings (SSSR count). The van der Waals surface area contributed by atoms with E-state index in [1.165, 1.54) is 12.1 Å². The zero-order valence-electron chi connectivity index (χ0n) is 12.6. The lowest BCUT2D eigenvalue weighted by Crippen LogP contribution is -2.04. The van der Waals surface area contributed by atoms with E-state index in [9.17, 15) is 4.39 Å². The molecule has 23 heavy (non-hydrogen) atoms. The van der Waals surface area contributed by atoms with Gasteiger partial charge in [0.25, 0.3) is 0 Å². The first-order valence-corrected chi connectivity index (χ1v) is 7.90. The van der Waals surface area contributed by atoms with Gasteiger partial charge in [-0.1, -0.05) is 12.1 Å². The molecule has 1 aliphatic rings. The Morgan fingerprint density at radius 3 is 2.70 bits per heavy atom. The van der Waals surface area contributed by atoms with Crippen molar-refractivity contribution in [1.29, 1.82) is 0 Å². The number of benzene rings is 1. The molecule has 0 bridgehead atoms. The average Bonchev–Trinajstić information content (AvgIpc) is 3.31. The van der Waals surface area contributed by atoms with E-state index >= 15 is 0 Å². The van der Waals surface area contributed by atoms with Gasteiger partial charge in [-0.2, -0.15) is 15.1 Å². The molecule has 1 fully saturated rings. The highest BCUT2D eigenvalue weighted by Gasteiger charge is 2.28. The van der Waals surface area contributed by atoms with Crippen LogP contribution in [0.4, 0.5) is 10.2 Å². The number of aryl methyl sites for hydroxylation is 1. The monoisotopic (exact) mass is 331 g/mol. The summed E-state index contributed by atoms with van der Waals surface area (Å²) in [6.45, 7) is 2.47. The first-order chi connectivity index (χ1) is 11.1. The van der Waals surface area contributed by atoms with Crippen molar-refractivity contribution < 1.29 is 4.39 Å². The number of anilines is 1. The van der Waals surface area contributed by atoms with Crippen molar-refractivity contribution in [2.75, 3.05) is 5.32 Å². The summed E-state index contributed by atoms with van der Waals surface area (Å²) in [7, 11) is 0. The van der Waals surface area contributed by atoms with E-state index in [1.807, 2.05) is 11.6 Å². The molecule has 3 aromatic rings. The number of fused-ring (bicyclic) bond motifs is 1. The first kappa shape index (κ1) is 14.4. The van der Waals surface area contributed by atoms with Crippen molar-refractivity contribution in [2.24, 2.45) is 0 Å². The van der Waals surface area contributed by atoms with E-state index in [1.54, 1.807) is 12.1 Å². The lowest BCUT2D eigenvalue weighted by Gasteiger charge is -2.08. The maximum Gasteiger partial charge on any atom is 0.226 e. The second-order valence-electron chi connectivity index (χ2n) is 5.78. The number of halogens is 2. The molecule has 0 atom stereocenters. The number of hydrogen-bond acceptors (Lipinski definition) is 4. The molecule has 1 aromatic carbocycles. The van der Waals surface area contributed by atoms with Crippen molar-refractivity contribution in [3.63, 3.8) is 0 Å². The molecule has 5 nitrogen and oxygen atoms in total. The minimum atomic E-state index is -0.247. The van der Waals surface area contributed by atoms with Crippen molar-refractivity contribution >= 4 is 28.5 Å². The zero-order chi connectivity index (χ0) is 16.0. The molecule has 0 radical (unpaired) electrons. The van der Waals surface area contributed by atoms with Gasteiger partial charge >= 0.3 is 0 Å². The predicted octanol–water partition coefficient (Wildman–Crippen LogP) is 3.87. The van der Waals surface area contributed by atoms with E-state index in [0.29, 0.717) is 18.4 Å². The molecular weight excluding hydrogens is 317 g/mol. The van der Waals surface area contributed by atoms with Gasteiger partial charge < -0.3 is 5.32 Å². The highest BCUT2D eigenvalue weighted by atomic mass is 35.5. The van der Waals surface area contributed by atoms with Crippen LogP contribution < -0.4 is 5.32 Å². The van der Waals surface area contributed by atoms with Crippen LogP contribution >= 0.6 is 11.6 Å². The Morgan fingerprint density at radius 2 is 2.00 bits per heavy atom. The van der Waals surface area contributed by atoms with Crippen LogP contribution in [0.2, 0.25) is 5.28 Å². The number of hydrogen-bond donors (Lipinski definition) is 1. The Hall–Kier alpha value is -2.21. The van der Waals surface area contributed by atoms with E-state index in [2.05, 4.69) is 20.4 Å². The fourth-order valence-corrected chi connectivity index (χ4v) is 2.83. The Morgan fingerprint density at radius 1 is 1.26 bits per heavy atom. The van der Waals surface area contributed by atoms with Crippen LogP contribution in [0.25, 0.3) is 11.0 Å². The lowest BCUT2D eigenvalue weighted by atomic mass is 10.2. The smallest absolute Gasteiger partial charge is 0.226 e. The number of nitrogens with zero attached hydrogens (tertiary/aromatic N) is 4.